The number of fused-ring (bicyclic) bond motifs is 1. The van der Waals surface area contributed by atoms with Gasteiger partial charge in [0, 0.05) is 15.4 Å². The number of hydrogen-bond donors (Lipinski definition) is 1. The Balaban J connectivity index is 2.31. The summed E-state index contributed by atoms with van der Waals surface area (Å²) in [5.41, 5.74) is 6.87. The molecule has 2 heterocycles. The molecule has 0 radical (unpaired) electrons. The monoisotopic (exact) mass is 391 g/mol. The molecule has 7 heteroatoms. The van der Waals surface area contributed by atoms with E-state index in [-0.39, 0.29) is 5.56 Å². The van der Waals surface area contributed by atoms with Crippen LogP contribution in [0.2, 0.25) is 0 Å². The minimum atomic E-state index is -0.739. The fourth-order valence-corrected chi connectivity index (χ4v) is 3.78. The third kappa shape index (κ3) is 2.70. The molecular formula is C16H14BrN3O2S. The van der Waals surface area contributed by atoms with E-state index >= 15 is 0 Å². The van der Waals surface area contributed by atoms with Crippen LogP contribution in [0.15, 0.2) is 38.9 Å². The van der Waals surface area contributed by atoms with Crippen LogP contribution in [0.4, 0.5) is 0 Å². The molecule has 1 amide bonds. The van der Waals surface area contributed by atoms with Gasteiger partial charge >= 0.3 is 0 Å². The van der Waals surface area contributed by atoms with E-state index < -0.39 is 11.9 Å². The highest BCUT2D eigenvalue weighted by atomic mass is 79.9. The van der Waals surface area contributed by atoms with Crippen molar-refractivity contribution in [2.45, 2.75) is 19.9 Å². The minimum Gasteiger partial charge on any atom is -0.368 e. The van der Waals surface area contributed by atoms with Crippen molar-refractivity contribution in [1.29, 1.82) is 0 Å². The molecule has 1 atom stereocenters. The largest absolute Gasteiger partial charge is 0.368 e. The summed E-state index contributed by atoms with van der Waals surface area (Å²) in [5, 5.41) is 2.44. The first-order valence-electron chi connectivity index (χ1n) is 6.95. The predicted octanol–water partition coefficient (Wildman–Crippen LogP) is 3.24. The number of benzene rings is 1. The van der Waals surface area contributed by atoms with E-state index in [2.05, 4.69) is 20.9 Å². The molecular weight excluding hydrogens is 378 g/mol. The van der Waals surface area contributed by atoms with E-state index in [1.165, 1.54) is 15.9 Å². The third-order valence-corrected chi connectivity index (χ3v) is 5.17. The van der Waals surface area contributed by atoms with Crippen molar-refractivity contribution >= 4 is 43.4 Å². The summed E-state index contributed by atoms with van der Waals surface area (Å²) in [6.07, 6.45) is 0. The molecule has 3 aromatic rings. The predicted molar refractivity (Wildman–Crippen MR) is 95.7 cm³/mol. The number of nitrogens with two attached hydrogens (primary N) is 1. The number of aryl methyl sites for hydroxylation is 1. The smallest absolute Gasteiger partial charge is 0.263 e. The molecule has 2 aromatic heterocycles. The number of amides is 1. The molecule has 1 unspecified atom stereocenters. The highest BCUT2D eigenvalue weighted by Gasteiger charge is 2.20. The molecule has 1 aromatic carbocycles. The van der Waals surface area contributed by atoms with Crippen LogP contribution in [-0.2, 0) is 4.79 Å². The molecule has 5 nitrogen and oxygen atoms in total. The van der Waals surface area contributed by atoms with E-state index in [1.807, 2.05) is 29.6 Å². The number of carbonyl (C=O) groups excluding carboxylic acids is 1. The zero-order chi connectivity index (χ0) is 16.7. The number of carbonyl (C=O) groups is 1. The number of hydrogen-bond acceptors (Lipinski definition) is 4. The molecule has 0 aliphatic rings. The van der Waals surface area contributed by atoms with E-state index in [0.29, 0.717) is 16.0 Å². The van der Waals surface area contributed by atoms with Crippen molar-refractivity contribution in [3.63, 3.8) is 0 Å². The fourth-order valence-electron chi connectivity index (χ4n) is 2.53. The lowest BCUT2D eigenvalue weighted by molar-refractivity contribution is -0.120. The first kappa shape index (κ1) is 15.9. The maximum atomic E-state index is 12.9. The van der Waals surface area contributed by atoms with Crippen molar-refractivity contribution in [2.24, 2.45) is 5.73 Å². The zero-order valence-electron chi connectivity index (χ0n) is 12.5. The maximum Gasteiger partial charge on any atom is 0.263 e. The van der Waals surface area contributed by atoms with Gasteiger partial charge in [-0.1, -0.05) is 28.1 Å². The number of nitrogens with zero attached hydrogens (tertiary/aromatic N) is 2. The summed E-state index contributed by atoms with van der Waals surface area (Å²) >= 11 is 4.82. The van der Waals surface area contributed by atoms with Gasteiger partial charge < -0.3 is 5.73 Å². The van der Waals surface area contributed by atoms with Gasteiger partial charge in [-0.3, -0.25) is 14.2 Å². The second kappa shape index (κ2) is 5.90. The van der Waals surface area contributed by atoms with E-state index in [0.717, 1.165) is 15.6 Å². The lowest BCUT2D eigenvalue weighted by atomic mass is 10.1. The maximum absolute atomic E-state index is 12.9. The zero-order valence-corrected chi connectivity index (χ0v) is 14.9. The number of primary amides is 1. The van der Waals surface area contributed by atoms with Gasteiger partial charge in [-0.15, -0.1) is 11.3 Å². The Hall–Kier alpha value is -1.99. The summed E-state index contributed by atoms with van der Waals surface area (Å²) in [7, 11) is 0. The van der Waals surface area contributed by atoms with Crippen molar-refractivity contribution < 1.29 is 4.79 Å². The Labute approximate surface area is 144 Å². The molecule has 0 spiro atoms. The molecule has 2 N–H and O–H groups in total. The highest BCUT2D eigenvalue weighted by molar-refractivity contribution is 9.10. The van der Waals surface area contributed by atoms with Crippen molar-refractivity contribution in [3.05, 3.63) is 50.3 Å². The van der Waals surface area contributed by atoms with Crippen LogP contribution in [0.3, 0.4) is 0 Å². The third-order valence-electron chi connectivity index (χ3n) is 3.77. The molecule has 0 saturated heterocycles. The molecule has 0 saturated carbocycles. The summed E-state index contributed by atoms with van der Waals surface area (Å²) in [5.74, 6) is -0.0743. The molecule has 118 valence electrons. The summed E-state index contributed by atoms with van der Waals surface area (Å²) in [6.45, 7) is 3.31. The van der Waals surface area contributed by atoms with Gasteiger partial charge in [-0.25, -0.2) is 4.98 Å². The standard InChI is InChI=1S/C16H14BrN3O2S/c1-8(14(18)21)20-9(2)19-15-13(16(20)22)12(7-23-15)10-3-5-11(17)6-4-10/h3-8H,1-2H3,(H2,18,21). The number of rotatable bonds is 3. The normalized spacial score (nSPS) is 12.5. The quantitative estimate of drug-likeness (QED) is 0.743. The topological polar surface area (TPSA) is 78.0 Å². The summed E-state index contributed by atoms with van der Waals surface area (Å²) in [4.78, 5) is 29.6. The average Bonchev–Trinajstić information content (AvgIpc) is 2.91. The van der Waals surface area contributed by atoms with Crippen LogP contribution in [0, 0.1) is 6.92 Å². The molecule has 0 aliphatic carbocycles. The van der Waals surface area contributed by atoms with Crippen LogP contribution >= 0.6 is 27.3 Å². The molecule has 3 rings (SSSR count). The lowest BCUT2D eigenvalue weighted by Crippen LogP contribution is -2.34. The second-order valence-corrected chi connectivity index (χ2v) is 7.02. The summed E-state index contributed by atoms with van der Waals surface area (Å²) in [6, 6.07) is 6.98. The van der Waals surface area contributed by atoms with Crippen LogP contribution in [-0.4, -0.2) is 15.5 Å². The van der Waals surface area contributed by atoms with Gasteiger partial charge in [-0.05, 0) is 31.5 Å². The van der Waals surface area contributed by atoms with Crippen LogP contribution in [0.5, 0.6) is 0 Å². The lowest BCUT2D eigenvalue weighted by Gasteiger charge is -2.14. The van der Waals surface area contributed by atoms with E-state index in [4.69, 9.17) is 5.73 Å². The Morgan fingerprint density at radius 2 is 2.00 bits per heavy atom. The van der Waals surface area contributed by atoms with Gasteiger partial charge in [0.1, 0.15) is 16.7 Å². The van der Waals surface area contributed by atoms with Gasteiger partial charge in [0.25, 0.3) is 5.56 Å². The molecule has 23 heavy (non-hydrogen) atoms. The number of thiophene rings is 1. The first-order chi connectivity index (χ1) is 10.9. The van der Waals surface area contributed by atoms with Crippen LogP contribution < -0.4 is 11.3 Å². The van der Waals surface area contributed by atoms with Gasteiger partial charge in [-0.2, -0.15) is 0 Å². The number of aromatic nitrogens is 2. The van der Waals surface area contributed by atoms with Crippen LogP contribution in [0.25, 0.3) is 21.3 Å². The van der Waals surface area contributed by atoms with Crippen molar-refractivity contribution in [3.8, 4) is 11.1 Å². The SMILES string of the molecule is Cc1nc2scc(-c3ccc(Br)cc3)c2c(=O)n1C(C)C(N)=O. The van der Waals surface area contributed by atoms with E-state index in [9.17, 15) is 9.59 Å². The van der Waals surface area contributed by atoms with Gasteiger partial charge in [0.15, 0.2) is 0 Å². The molecule has 0 aliphatic heterocycles. The number of halogens is 1. The highest BCUT2D eigenvalue weighted by Crippen LogP contribution is 2.32. The van der Waals surface area contributed by atoms with Crippen molar-refractivity contribution in [1.82, 2.24) is 9.55 Å². The summed E-state index contributed by atoms with van der Waals surface area (Å²) < 4.78 is 2.33. The Morgan fingerprint density at radius 3 is 2.61 bits per heavy atom. The fraction of sp³-hybridized carbons (Fsp3) is 0.188. The van der Waals surface area contributed by atoms with Crippen LogP contribution in [0.1, 0.15) is 18.8 Å². The van der Waals surface area contributed by atoms with E-state index in [1.54, 1.807) is 13.8 Å². The average molecular weight is 392 g/mol. The van der Waals surface area contributed by atoms with Gasteiger partial charge in [0.05, 0.1) is 5.39 Å². The second-order valence-electron chi connectivity index (χ2n) is 5.25. The first-order valence-corrected chi connectivity index (χ1v) is 8.63. The Bertz CT molecular complexity index is 960. The minimum absolute atomic E-state index is 0.238. The Kier molecular flexibility index (Phi) is 4.08. The molecule has 0 bridgehead atoms. The van der Waals surface area contributed by atoms with Gasteiger partial charge in [0.2, 0.25) is 5.91 Å². The van der Waals surface area contributed by atoms with Crippen molar-refractivity contribution in [2.75, 3.05) is 0 Å². The molecule has 0 fully saturated rings. The Morgan fingerprint density at radius 1 is 1.35 bits per heavy atom.